The Balaban J connectivity index is 1.92. The molecule has 0 saturated carbocycles. The monoisotopic (exact) mass is 395 g/mol. The van der Waals surface area contributed by atoms with Crippen molar-refractivity contribution in [1.82, 2.24) is 9.21 Å². The number of nitrogens with two attached hydrogens (primary N) is 1. The number of hydrogen-bond acceptors (Lipinski definition) is 5. The Hall–Kier alpha value is -1.64. The van der Waals surface area contributed by atoms with Gasteiger partial charge in [-0.25, -0.2) is 8.42 Å². The Kier molecular flexibility index (Phi) is 6.39. The molecule has 0 radical (unpaired) electrons. The summed E-state index contributed by atoms with van der Waals surface area (Å²) < 4.78 is 33.3. The summed E-state index contributed by atoms with van der Waals surface area (Å²) in [6.45, 7) is 2.15. The fourth-order valence-electron chi connectivity index (χ4n) is 3.81. The minimum absolute atomic E-state index is 0.0266. The highest BCUT2D eigenvalue weighted by Gasteiger charge is 2.30. The van der Waals surface area contributed by atoms with Gasteiger partial charge in [-0.05, 0) is 43.9 Å². The predicted molar refractivity (Wildman–Crippen MR) is 103 cm³/mol. The van der Waals surface area contributed by atoms with Crippen LogP contribution in [0.5, 0.6) is 5.75 Å². The zero-order valence-electron chi connectivity index (χ0n) is 15.9. The number of benzene rings is 1. The molecular weight excluding hydrogens is 366 g/mol. The highest BCUT2D eigenvalue weighted by molar-refractivity contribution is 7.89. The van der Waals surface area contributed by atoms with Gasteiger partial charge in [-0.15, -0.1) is 0 Å². The normalized spacial score (nSPS) is 22.3. The van der Waals surface area contributed by atoms with Gasteiger partial charge in [-0.2, -0.15) is 4.31 Å². The van der Waals surface area contributed by atoms with Gasteiger partial charge >= 0.3 is 0 Å². The van der Waals surface area contributed by atoms with E-state index < -0.39 is 10.0 Å². The highest BCUT2D eigenvalue weighted by Crippen LogP contribution is 2.30. The number of methoxy groups -OCH3 is 1. The molecule has 1 aromatic carbocycles. The maximum Gasteiger partial charge on any atom is 0.253 e. The molecule has 7 nitrogen and oxygen atoms in total. The number of amides is 1. The van der Waals surface area contributed by atoms with Crippen LogP contribution in [0, 0.1) is 0 Å². The summed E-state index contributed by atoms with van der Waals surface area (Å²) >= 11 is 0. The summed E-state index contributed by atoms with van der Waals surface area (Å²) in [4.78, 5) is 14.7. The number of rotatable bonds is 4. The minimum Gasteiger partial charge on any atom is -0.495 e. The first-order valence-electron chi connectivity index (χ1n) is 9.66. The second kappa shape index (κ2) is 8.58. The maximum absolute atomic E-state index is 13.2. The van der Waals surface area contributed by atoms with Gasteiger partial charge in [0.25, 0.3) is 5.91 Å². The topological polar surface area (TPSA) is 92.9 Å². The molecule has 1 unspecified atom stereocenters. The molecule has 0 aliphatic carbocycles. The molecule has 150 valence electrons. The van der Waals surface area contributed by atoms with Crippen molar-refractivity contribution >= 4 is 15.9 Å². The van der Waals surface area contributed by atoms with Crippen molar-refractivity contribution in [3.8, 4) is 5.75 Å². The molecule has 0 spiro atoms. The molecule has 8 heteroatoms. The number of hydrogen-bond donors (Lipinski definition) is 1. The molecule has 2 fully saturated rings. The predicted octanol–water partition coefficient (Wildman–Crippen LogP) is 1.82. The molecule has 1 aromatic rings. The van der Waals surface area contributed by atoms with E-state index in [0.29, 0.717) is 31.7 Å². The number of likely N-dealkylation sites (tertiary alicyclic amines) is 1. The van der Waals surface area contributed by atoms with Crippen LogP contribution >= 0.6 is 0 Å². The van der Waals surface area contributed by atoms with E-state index in [-0.39, 0.29) is 22.6 Å². The van der Waals surface area contributed by atoms with Gasteiger partial charge < -0.3 is 15.4 Å². The van der Waals surface area contributed by atoms with Gasteiger partial charge in [0.05, 0.1) is 7.11 Å². The van der Waals surface area contributed by atoms with Gasteiger partial charge in [0.2, 0.25) is 10.0 Å². The third-order valence-corrected chi connectivity index (χ3v) is 7.26. The van der Waals surface area contributed by atoms with Crippen LogP contribution in [0.15, 0.2) is 23.1 Å². The molecule has 27 heavy (non-hydrogen) atoms. The molecule has 2 saturated heterocycles. The van der Waals surface area contributed by atoms with Crippen molar-refractivity contribution in [2.75, 3.05) is 33.3 Å². The summed E-state index contributed by atoms with van der Waals surface area (Å²) in [5.41, 5.74) is 6.34. The van der Waals surface area contributed by atoms with E-state index in [2.05, 4.69) is 0 Å². The second-order valence-electron chi connectivity index (χ2n) is 7.34. The number of nitrogens with zero attached hydrogens (tertiary/aromatic N) is 2. The zero-order chi connectivity index (χ0) is 19.4. The number of ether oxygens (including phenoxy) is 1. The standard InChI is InChI=1S/C19H29N3O4S/c1-26-17-9-8-15(19(23)21-10-6-7-16(20)14-21)13-18(17)27(24,25)22-11-4-2-3-5-12-22/h8-9,13,16H,2-7,10-12,14,20H2,1H3. The van der Waals surface area contributed by atoms with E-state index in [1.165, 1.54) is 17.5 Å². The first kappa shape index (κ1) is 20.1. The number of carbonyl (C=O) groups is 1. The van der Waals surface area contributed by atoms with Crippen LogP contribution in [-0.2, 0) is 10.0 Å². The van der Waals surface area contributed by atoms with Gasteiger partial charge in [0.15, 0.2) is 0 Å². The fourth-order valence-corrected chi connectivity index (χ4v) is 5.51. The first-order valence-corrected chi connectivity index (χ1v) is 11.1. The quantitative estimate of drug-likeness (QED) is 0.839. The van der Waals surface area contributed by atoms with Crippen molar-refractivity contribution in [1.29, 1.82) is 0 Å². The third-order valence-electron chi connectivity index (χ3n) is 5.34. The Bertz CT molecular complexity index is 773. The van der Waals surface area contributed by atoms with E-state index in [4.69, 9.17) is 10.5 Å². The Morgan fingerprint density at radius 1 is 1.11 bits per heavy atom. The lowest BCUT2D eigenvalue weighted by molar-refractivity contribution is 0.0708. The molecule has 2 N–H and O–H groups in total. The van der Waals surface area contributed by atoms with Crippen molar-refractivity contribution in [3.63, 3.8) is 0 Å². The minimum atomic E-state index is -3.71. The van der Waals surface area contributed by atoms with Gasteiger partial charge in [-0.3, -0.25) is 4.79 Å². The molecule has 2 aliphatic heterocycles. The lowest BCUT2D eigenvalue weighted by Crippen LogP contribution is -2.45. The largest absolute Gasteiger partial charge is 0.495 e. The lowest BCUT2D eigenvalue weighted by atomic mass is 10.1. The zero-order valence-corrected chi connectivity index (χ0v) is 16.7. The summed E-state index contributed by atoms with van der Waals surface area (Å²) in [5, 5.41) is 0. The van der Waals surface area contributed by atoms with Crippen molar-refractivity contribution in [2.45, 2.75) is 49.5 Å². The van der Waals surface area contributed by atoms with Crippen LogP contribution in [0.1, 0.15) is 48.9 Å². The fraction of sp³-hybridized carbons (Fsp3) is 0.632. The smallest absolute Gasteiger partial charge is 0.253 e. The molecule has 3 rings (SSSR count). The van der Waals surface area contributed by atoms with E-state index >= 15 is 0 Å². The Morgan fingerprint density at radius 3 is 2.44 bits per heavy atom. The first-order chi connectivity index (χ1) is 12.9. The molecule has 1 amide bonds. The van der Waals surface area contributed by atoms with Crippen LogP contribution in [0.3, 0.4) is 0 Å². The van der Waals surface area contributed by atoms with Crippen molar-refractivity contribution in [3.05, 3.63) is 23.8 Å². The van der Waals surface area contributed by atoms with Crippen LogP contribution in [0.2, 0.25) is 0 Å². The average molecular weight is 396 g/mol. The number of carbonyl (C=O) groups excluding carboxylic acids is 1. The maximum atomic E-state index is 13.2. The van der Waals surface area contributed by atoms with Crippen molar-refractivity contribution in [2.24, 2.45) is 5.73 Å². The Morgan fingerprint density at radius 2 is 1.81 bits per heavy atom. The van der Waals surface area contributed by atoms with E-state index in [1.807, 2.05) is 0 Å². The van der Waals surface area contributed by atoms with Crippen LogP contribution in [-0.4, -0.2) is 62.9 Å². The van der Waals surface area contributed by atoms with E-state index in [1.54, 1.807) is 17.0 Å². The van der Waals surface area contributed by atoms with Crippen LogP contribution in [0.25, 0.3) is 0 Å². The Labute approximate surface area is 161 Å². The van der Waals surface area contributed by atoms with E-state index in [0.717, 1.165) is 38.5 Å². The number of piperidine rings is 1. The average Bonchev–Trinajstić information content (AvgIpc) is 2.97. The highest BCUT2D eigenvalue weighted by atomic mass is 32.2. The molecule has 0 bridgehead atoms. The molecule has 1 atom stereocenters. The van der Waals surface area contributed by atoms with Crippen LogP contribution in [0.4, 0.5) is 0 Å². The second-order valence-corrected chi connectivity index (χ2v) is 9.24. The molecule has 0 aromatic heterocycles. The summed E-state index contributed by atoms with van der Waals surface area (Å²) in [5.74, 6) is 0.0891. The lowest BCUT2D eigenvalue weighted by Gasteiger charge is -2.31. The van der Waals surface area contributed by atoms with Gasteiger partial charge in [-0.1, -0.05) is 12.8 Å². The van der Waals surface area contributed by atoms with Gasteiger partial charge in [0.1, 0.15) is 10.6 Å². The molecule has 2 aliphatic rings. The van der Waals surface area contributed by atoms with Crippen LogP contribution < -0.4 is 10.5 Å². The summed E-state index contributed by atoms with van der Waals surface area (Å²) in [6.07, 6.45) is 5.55. The summed E-state index contributed by atoms with van der Waals surface area (Å²) in [7, 11) is -2.27. The summed E-state index contributed by atoms with van der Waals surface area (Å²) in [6, 6.07) is 4.63. The third kappa shape index (κ3) is 4.44. The van der Waals surface area contributed by atoms with E-state index in [9.17, 15) is 13.2 Å². The van der Waals surface area contributed by atoms with Gasteiger partial charge in [0, 0.05) is 37.8 Å². The SMILES string of the molecule is COc1ccc(C(=O)N2CCCC(N)C2)cc1S(=O)(=O)N1CCCCCC1. The van der Waals surface area contributed by atoms with Crippen molar-refractivity contribution < 1.29 is 17.9 Å². The number of sulfonamides is 1. The molecular formula is C19H29N3O4S. The molecule has 2 heterocycles.